The number of aliphatic hydroxyl groups is 1. The van der Waals surface area contributed by atoms with Crippen molar-refractivity contribution in [3.8, 4) is 0 Å². The lowest BCUT2D eigenvalue weighted by molar-refractivity contribution is -0.142. The Labute approximate surface area is 122 Å². The van der Waals surface area contributed by atoms with Crippen LogP contribution in [0, 0.1) is 0 Å². The number of benzene rings is 1. The van der Waals surface area contributed by atoms with E-state index in [0.717, 1.165) is 0 Å². The van der Waals surface area contributed by atoms with Gasteiger partial charge in [-0.05, 0) is 38.5 Å². The number of carboxylic acids is 1. The Morgan fingerprint density at radius 1 is 1.24 bits per heavy atom. The molecule has 116 valence electrons. The first kappa shape index (κ1) is 16.8. The van der Waals surface area contributed by atoms with Gasteiger partial charge in [-0.3, -0.25) is 0 Å². The van der Waals surface area contributed by atoms with Gasteiger partial charge in [-0.2, -0.15) is 0 Å². The number of nitrogens with one attached hydrogen (secondary N) is 1. The predicted molar refractivity (Wildman–Crippen MR) is 76.6 cm³/mol. The topological polar surface area (TPSA) is 122 Å². The second-order valence-corrected chi connectivity index (χ2v) is 5.57. The van der Waals surface area contributed by atoms with E-state index in [-0.39, 0.29) is 0 Å². The molecule has 1 amide bonds. The van der Waals surface area contributed by atoms with E-state index < -0.39 is 29.8 Å². The molecule has 0 saturated carbocycles. The molecule has 1 aromatic rings. The Bertz CT molecular complexity index is 507. The Morgan fingerprint density at radius 2 is 1.76 bits per heavy atom. The number of ether oxygens (including phenoxy) is 1. The Kier molecular flexibility index (Phi) is 5.15. The van der Waals surface area contributed by atoms with Crippen LogP contribution in [0.1, 0.15) is 32.4 Å². The molecule has 7 heteroatoms. The van der Waals surface area contributed by atoms with Gasteiger partial charge in [0.15, 0.2) is 6.04 Å². The summed E-state index contributed by atoms with van der Waals surface area (Å²) in [7, 11) is 0. The maximum absolute atomic E-state index is 11.6. The van der Waals surface area contributed by atoms with Crippen LogP contribution < -0.4 is 11.1 Å². The Morgan fingerprint density at radius 3 is 2.19 bits per heavy atom. The van der Waals surface area contributed by atoms with Gasteiger partial charge in [-0.15, -0.1) is 0 Å². The normalized spacial score (nSPS) is 14.1. The van der Waals surface area contributed by atoms with E-state index in [4.69, 9.17) is 15.6 Å². The van der Waals surface area contributed by atoms with Crippen molar-refractivity contribution in [2.24, 2.45) is 0 Å². The number of hydrogen-bond acceptors (Lipinski definition) is 5. The van der Waals surface area contributed by atoms with E-state index in [1.807, 2.05) is 0 Å². The molecule has 0 spiro atoms. The zero-order valence-electron chi connectivity index (χ0n) is 12.2. The van der Waals surface area contributed by atoms with Crippen molar-refractivity contribution in [1.82, 2.24) is 5.32 Å². The van der Waals surface area contributed by atoms with Gasteiger partial charge in [0.25, 0.3) is 0 Å². The third-order valence-corrected chi connectivity index (χ3v) is 2.53. The van der Waals surface area contributed by atoms with Crippen molar-refractivity contribution in [1.29, 1.82) is 0 Å². The highest BCUT2D eigenvalue weighted by atomic mass is 16.6. The third-order valence-electron chi connectivity index (χ3n) is 2.53. The lowest BCUT2D eigenvalue weighted by atomic mass is 10.0. The van der Waals surface area contributed by atoms with Gasteiger partial charge in [0.05, 0.1) is 0 Å². The summed E-state index contributed by atoms with van der Waals surface area (Å²) in [5.74, 6) is -1.37. The van der Waals surface area contributed by atoms with E-state index >= 15 is 0 Å². The highest BCUT2D eigenvalue weighted by Gasteiger charge is 2.31. The fourth-order valence-corrected chi connectivity index (χ4v) is 1.60. The van der Waals surface area contributed by atoms with E-state index in [9.17, 15) is 14.7 Å². The summed E-state index contributed by atoms with van der Waals surface area (Å²) in [6, 6.07) is 4.53. The average Bonchev–Trinajstić information content (AvgIpc) is 2.33. The number of nitrogen functional groups attached to an aromatic ring is 1. The highest BCUT2D eigenvalue weighted by Crippen LogP contribution is 2.19. The summed E-state index contributed by atoms with van der Waals surface area (Å²) < 4.78 is 4.98. The van der Waals surface area contributed by atoms with Crippen molar-refractivity contribution in [2.75, 3.05) is 5.73 Å². The molecule has 5 N–H and O–H groups in total. The monoisotopic (exact) mass is 296 g/mol. The van der Waals surface area contributed by atoms with Crippen LogP contribution in [-0.2, 0) is 9.53 Å². The van der Waals surface area contributed by atoms with Crippen LogP contribution in [0.2, 0.25) is 0 Å². The molecule has 1 aromatic carbocycles. The number of carbonyl (C=O) groups is 2. The molecule has 0 aliphatic carbocycles. The smallest absolute Gasteiger partial charge is 0.408 e. The number of nitrogens with two attached hydrogens (primary N) is 1. The first-order valence-electron chi connectivity index (χ1n) is 6.36. The number of aliphatic carboxylic acids is 1. The molecular formula is C14H20N2O5. The van der Waals surface area contributed by atoms with Crippen LogP contribution in [0.4, 0.5) is 10.5 Å². The Balaban J connectivity index is 2.84. The number of aliphatic hydroxyl groups excluding tert-OH is 1. The van der Waals surface area contributed by atoms with E-state index in [1.54, 1.807) is 20.8 Å². The van der Waals surface area contributed by atoms with Crippen LogP contribution in [0.5, 0.6) is 0 Å². The molecule has 0 saturated heterocycles. The first-order chi connectivity index (χ1) is 9.60. The lowest BCUT2D eigenvalue weighted by Crippen LogP contribution is -2.46. The summed E-state index contributed by atoms with van der Waals surface area (Å²) in [4.78, 5) is 22.9. The van der Waals surface area contributed by atoms with Crippen molar-refractivity contribution in [3.05, 3.63) is 29.8 Å². The molecule has 21 heavy (non-hydrogen) atoms. The largest absolute Gasteiger partial charge is 0.480 e. The number of hydrogen-bond donors (Lipinski definition) is 4. The van der Waals surface area contributed by atoms with Crippen molar-refractivity contribution in [2.45, 2.75) is 38.5 Å². The fraction of sp³-hybridized carbons (Fsp3) is 0.429. The minimum Gasteiger partial charge on any atom is -0.480 e. The highest BCUT2D eigenvalue weighted by molar-refractivity contribution is 5.81. The molecule has 0 unspecified atom stereocenters. The molecule has 0 aromatic heterocycles. The van der Waals surface area contributed by atoms with Gasteiger partial charge in [-0.1, -0.05) is 12.1 Å². The minimum atomic E-state index is -1.52. The molecule has 1 rings (SSSR count). The number of carboxylic acid groups (broad SMARTS) is 1. The standard InChI is InChI=1S/C14H20N2O5/c1-14(2,3)21-13(20)16-10(12(18)19)11(17)8-4-6-9(15)7-5-8/h4-7,10-11,17H,15H2,1-3H3,(H,16,20)(H,18,19)/t10-,11+/m1/s1. The third kappa shape index (κ3) is 5.31. The average molecular weight is 296 g/mol. The summed E-state index contributed by atoms with van der Waals surface area (Å²) in [5, 5.41) is 21.4. The SMILES string of the molecule is CC(C)(C)OC(=O)N[C@@H](C(=O)O)[C@@H](O)c1ccc(N)cc1. The maximum Gasteiger partial charge on any atom is 0.408 e. The van der Waals surface area contributed by atoms with Crippen LogP contribution in [0.25, 0.3) is 0 Å². The van der Waals surface area contributed by atoms with Crippen molar-refractivity contribution < 1.29 is 24.5 Å². The van der Waals surface area contributed by atoms with Gasteiger partial charge < -0.3 is 26.0 Å². The zero-order valence-corrected chi connectivity index (χ0v) is 12.2. The number of rotatable bonds is 4. The molecule has 0 heterocycles. The van der Waals surface area contributed by atoms with Crippen molar-refractivity contribution in [3.63, 3.8) is 0 Å². The first-order valence-corrected chi connectivity index (χ1v) is 6.36. The number of anilines is 1. The van der Waals surface area contributed by atoms with Gasteiger partial charge >= 0.3 is 12.1 Å². The molecule has 0 radical (unpaired) electrons. The number of alkyl carbamates (subject to hydrolysis) is 1. The van der Waals surface area contributed by atoms with Crippen LogP contribution in [0.3, 0.4) is 0 Å². The van der Waals surface area contributed by atoms with Gasteiger partial charge in [0.1, 0.15) is 11.7 Å². The summed E-state index contributed by atoms with van der Waals surface area (Å²) >= 11 is 0. The molecule has 7 nitrogen and oxygen atoms in total. The summed E-state index contributed by atoms with van der Waals surface area (Å²) in [5.41, 5.74) is 5.57. The van der Waals surface area contributed by atoms with Gasteiger partial charge in [0, 0.05) is 5.69 Å². The quantitative estimate of drug-likeness (QED) is 0.621. The molecule has 0 aliphatic rings. The molecular weight excluding hydrogens is 276 g/mol. The Hall–Kier alpha value is -2.28. The molecule has 2 atom stereocenters. The van der Waals surface area contributed by atoms with Crippen molar-refractivity contribution >= 4 is 17.7 Å². The van der Waals surface area contributed by atoms with E-state index in [1.165, 1.54) is 24.3 Å². The minimum absolute atomic E-state index is 0.327. The number of amides is 1. The lowest BCUT2D eigenvalue weighted by Gasteiger charge is -2.24. The van der Waals surface area contributed by atoms with Gasteiger partial charge in [-0.25, -0.2) is 9.59 Å². The second kappa shape index (κ2) is 6.45. The molecule has 0 bridgehead atoms. The van der Waals surface area contributed by atoms with E-state index in [2.05, 4.69) is 5.32 Å². The second-order valence-electron chi connectivity index (χ2n) is 5.57. The van der Waals surface area contributed by atoms with E-state index in [0.29, 0.717) is 11.3 Å². The summed E-state index contributed by atoms with van der Waals surface area (Å²) in [6.07, 6.45) is -2.33. The van der Waals surface area contributed by atoms with Crippen LogP contribution >= 0.6 is 0 Å². The fourth-order valence-electron chi connectivity index (χ4n) is 1.60. The zero-order chi connectivity index (χ0) is 16.2. The number of carbonyl (C=O) groups excluding carboxylic acids is 1. The molecule has 0 aliphatic heterocycles. The van der Waals surface area contributed by atoms with Crippen LogP contribution in [0.15, 0.2) is 24.3 Å². The summed E-state index contributed by atoms with van der Waals surface area (Å²) in [6.45, 7) is 4.95. The molecule has 0 fully saturated rings. The maximum atomic E-state index is 11.6. The van der Waals surface area contributed by atoms with Gasteiger partial charge in [0.2, 0.25) is 0 Å². The predicted octanol–water partition coefficient (Wildman–Crippen LogP) is 1.28. The van der Waals surface area contributed by atoms with Crippen LogP contribution in [-0.4, -0.2) is 33.9 Å².